The molecular formula is C35H42O7Si. The molecule has 0 amide bonds. The van der Waals surface area contributed by atoms with Gasteiger partial charge in [0.15, 0.2) is 12.4 Å². The molecule has 5 atom stereocenters. The van der Waals surface area contributed by atoms with E-state index < -0.39 is 50.8 Å². The number of benzene rings is 3. The number of carbonyl (C=O) groups is 3. The Morgan fingerprint density at radius 3 is 1.74 bits per heavy atom. The van der Waals surface area contributed by atoms with E-state index in [-0.39, 0.29) is 23.7 Å². The third kappa shape index (κ3) is 7.32. The van der Waals surface area contributed by atoms with Crippen molar-refractivity contribution in [3.8, 4) is 0 Å². The molecule has 1 saturated heterocycles. The van der Waals surface area contributed by atoms with Gasteiger partial charge in [0.05, 0.1) is 18.1 Å². The average Bonchev–Trinajstić information content (AvgIpc) is 2.99. The summed E-state index contributed by atoms with van der Waals surface area (Å²) in [7, 11) is -3.11. The van der Waals surface area contributed by atoms with Crippen LogP contribution in [0.2, 0.25) is 5.04 Å². The molecule has 0 saturated carbocycles. The van der Waals surface area contributed by atoms with E-state index in [9.17, 15) is 14.4 Å². The van der Waals surface area contributed by atoms with Gasteiger partial charge in [-0.15, -0.1) is 0 Å². The van der Waals surface area contributed by atoms with Gasteiger partial charge in [0.25, 0.3) is 8.32 Å². The Morgan fingerprint density at radius 1 is 0.744 bits per heavy atom. The first kappa shape index (κ1) is 32.3. The first-order chi connectivity index (χ1) is 20.4. The van der Waals surface area contributed by atoms with Gasteiger partial charge in [0.1, 0.15) is 11.9 Å². The summed E-state index contributed by atoms with van der Waals surface area (Å²) in [6.07, 6.45) is -3.05. The van der Waals surface area contributed by atoms with Crippen LogP contribution >= 0.6 is 0 Å². The summed E-state index contributed by atoms with van der Waals surface area (Å²) >= 11 is 0. The summed E-state index contributed by atoms with van der Waals surface area (Å²) < 4.78 is 25.8. The van der Waals surface area contributed by atoms with Crippen molar-refractivity contribution in [3.05, 3.63) is 96.6 Å². The number of carbonyl (C=O) groups excluding carboxylic acids is 3. The molecule has 1 heterocycles. The minimum absolute atomic E-state index is 0.0261. The molecule has 3 aromatic rings. The predicted molar refractivity (Wildman–Crippen MR) is 168 cm³/mol. The van der Waals surface area contributed by atoms with Crippen LogP contribution in [0.5, 0.6) is 0 Å². The summed E-state index contributed by atoms with van der Waals surface area (Å²) in [4.78, 5) is 37.6. The second kappa shape index (κ2) is 13.8. The van der Waals surface area contributed by atoms with Crippen LogP contribution in [0.4, 0.5) is 0 Å². The smallest absolute Gasteiger partial charge is 0.338 e. The van der Waals surface area contributed by atoms with Crippen molar-refractivity contribution >= 4 is 36.4 Å². The Hall–Kier alpha value is -3.59. The van der Waals surface area contributed by atoms with Gasteiger partial charge in [-0.25, -0.2) is 4.79 Å². The first-order valence-corrected chi connectivity index (χ1v) is 16.7. The zero-order chi connectivity index (χ0) is 31.2. The molecule has 1 aliphatic heterocycles. The normalized spacial score (nSPS) is 22.4. The lowest BCUT2D eigenvalue weighted by Gasteiger charge is -2.50. The molecule has 228 valence electrons. The van der Waals surface area contributed by atoms with Gasteiger partial charge in [0.2, 0.25) is 0 Å². The van der Waals surface area contributed by atoms with Gasteiger partial charge in [-0.05, 0) is 41.4 Å². The lowest BCUT2D eigenvalue weighted by molar-refractivity contribution is -0.258. The summed E-state index contributed by atoms with van der Waals surface area (Å²) in [6, 6.07) is 29.1. The van der Waals surface area contributed by atoms with E-state index in [0.717, 1.165) is 10.4 Å². The van der Waals surface area contributed by atoms with E-state index in [1.54, 1.807) is 24.3 Å². The van der Waals surface area contributed by atoms with E-state index in [4.69, 9.17) is 18.6 Å². The molecule has 0 aliphatic carbocycles. The van der Waals surface area contributed by atoms with Gasteiger partial charge in [-0.2, -0.15) is 0 Å². The third-order valence-electron chi connectivity index (χ3n) is 8.03. The van der Waals surface area contributed by atoms with Gasteiger partial charge in [-0.3, -0.25) is 4.79 Å². The highest BCUT2D eigenvalue weighted by Crippen LogP contribution is 2.41. The molecule has 2 unspecified atom stereocenters. The average molecular weight is 603 g/mol. The topological polar surface area (TPSA) is 88.1 Å². The number of ether oxygens (including phenoxy) is 3. The Balaban J connectivity index is 1.77. The largest absolute Gasteiger partial charge is 0.459 e. The Kier molecular flexibility index (Phi) is 10.4. The lowest BCUT2D eigenvalue weighted by atomic mass is 9.90. The number of rotatable bonds is 10. The monoisotopic (exact) mass is 602 g/mol. The van der Waals surface area contributed by atoms with Crippen LogP contribution in [0.15, 0.2) is 91.0 Å². The van der Waals surface area contributed by atoms with Crippen LogP contribution < -0.4 is 10.4 Å². The van der Waals surface area contributed by atoms with Gasteiger partial charge in [0, 0.05) is 12.3 Å². The van der Waals surface area contributed by atoms with E-state index in [0.29, 0.717) is 5.56 Å². The number of esters is 2. The zero-order valence-electron chi connectivity index (χ0n) is 25.8. The maximum atomic E-state index is 13.4. The minimum atomic E-state index is -3.11. The van der Waals surface area contributed by atoms with Crippen LogP contribution in [0, 0.1) is 5.92 Å². The van der Waals surface area contributed by atoms with Gasteiger partial charge in [-0.1, -0.05) is 107 Å². The maximum absolute atomic E-state index is 13.4. The summed E-state index contributed by atoms with van der Waals surface area (Å²) in [5.74, 6) is -1.58. The van der Waals surface area contributed by atoms with E-state index in [2.05, 4.69) is 45.0 Å². The molecule has 0 spiro atoms. The number of ketones is 1. The Bertz CT molecular complexity index is 1330. The molecule has 0 aromatic heterocycles. The highest BCUT2D eigenvalue weighted by Gasteiger charge is 2.56. The number of Topliss-reactive ketones (excluding diaryl/α,β-unsaturated/α-hetero) is 1. The highest BCUT2D eigenvalue weighted by atomic mass is 28.4. The van der Waals surface area contributed by atoms with Crippen LogP contribution in [0.3, 0.4) is 0 Å². The highest BCUT2D eigenvalue weighted by molar-refractivity contribution is 6.99. The van der Waals surface area contributed by atoms with Crippen molar-refractivity contribution in [2.45, 2.75) is 84.0 Å². The van der Waals surface area contributed by atoms with Crippen molar-refractivity contribution in [2.24, 2.45) is 5.92 Å². The number of hydrogen-bond donors (Lipinski definition) is 0. The molecule has 1 aliphatic rings. The summed E-state index contributed by atoms with van der Waals surface area (Å²) in [5, 5.41) is 1.77. The zero-order valence-corrected chi connectivity index (χ0v) is 26.8. The maximum Gasteiger partial charge on any atom is 0.338 e. The summed E-state index contributed by atoms with van der Waals surface area (Å²) in [5.41, 5.74) is 0.396. The minimum Gasteiger partial charge on any atom is -0.459 e. The summed E-state index contributed by atoms with van der Waals surface area (Å²) in [6.45, 7) is 11.6. The van der Waals surface area contributed by atoms with Crippen molar-refractivity contribution in [1.29, 1.82) is 0 Å². The fourth-order valence-corrected chi connectivity index (χ4v) is 10.4. The van der Waals surface area contributed by atoms with Crippen molar-refractivity contribution < 1.29 is 33.0 Å². The molecule has 0 radical (unpaired) electrons. The van der Waals surface area contributed by atoms with E-state index >= 15 is 0 Å². The van der Waals surface area contributed by atoms with Crippen LogP contribution in [0.1, 0.15) is 64.7 Å². The van der Waals surface area contributed by atoms with Crippen LogP contribution in [-0.4, -0.2) is 50.6 Å². The molecule has 0 N–H and O–H groups in total. The van der Waals surface area contributed by atoms with Gasteiger partial charge >= 0.3 is 11.9 Å². The molecule has 8 heteroatoms. The fourth-order valence-electron chi connectivity index (χ4n) is 5.81. The Morgan fingerprint density at radius 2 is 1.26 bits per heavy atom. The standard InChI is InChI=1S/C35H42O7Si/c1-24(36)22-23-30(37)40-31-25(2)32(41-33(38)27-16-10-7-11-17-27)34(39-26(31)3)42-43(35(4,5)6,28-18-12-8-13-19-28)29-20-14-9-15-21-29/h7-21,25-26,31-32,34H,22-23H2,1-6H3/t25?,26?,31-,32-,34-/m0/s1. The van der Waals surface area contributed by atoms with E-state index in [1.807, 2.05) is 56.3 Å². The fraction of sp³-hybridized carbons (Fsp3) is 0.400. The molecular weight excluding hydrogens is 560 g/mol. The molecule has 7 nitrogen and oxygen atoms in total. The molecule has 43 heavy (non-hydrogen) atoms. The molecule has 3 aromatic carbocycles. The second-order valence-electron chi connectivity index (χ2n) is 12.2. The van der Waals surface area contributed by atoms with Gasteiger partial charge < -0.3 is 23.4 Å². The number of hydrogen-bond acceptors (Lipinski definition) is 7. The molecule has 1 fully saturated rings. The second-order valence-corrected chi connectivity index (χ2v) is 16.5. The lowest BCUT2D eigenvalue weighted by Crippen LogP contribution is -2.70. The van der Waals surface area contributed by atoms with Crippen molar-refractivity contribution in [1.82, 2.24) is 0 Å². The quantitative estimate of drug-likeness (QED) is 0.225. The Labute approximate surface area is 255 Å². The van der Waals surface area contributed by atoms with Crippen molar-refractivity contribution in [2.75, 3.05) is 0 Å². The third-order valence-corrected chi connectivity index (χ3v) is 13.0. The van der Waals surface area contributed by atoms with Crippen molar-refractivity contribution in [3.63, 3.8) is 0 Å². The van der Waals surface area contributed by atoms with Crippen LogP contribution in [-0.2, 0) is 28.2 Å². The molecule has 4 rings (SSSR count). The predicted octanol–water partition coefficient (Wildman–Crippen LogP) is 5.45. The SMILES string of the molecule is CC(=O)CCC(=O)O[C@@H]1C(C)O[C@@H](O[Si](c2ccccc2)(c2ccccc2)C(C)(C)C)[C@@H](OC(=O)c2ccccc2)C1C. The van der Waals surface area contributed by atoms with E-state index in [1.165, 1.54) is 6.92 Å². The first-order valence-electron chi connectivity index (χ1n) is 14.8. The molecule has 0 bridgehead atoms. The van der Waals surface area contributed by atoms with Crippen LogP contribution in [0.25, 0.3) is 0 Å².